The number of hydrogen-bond acceptors (Lipinski definition) is 2. The Bertz CT molecular complexity index is 827. The topological polar surface area (TPSA) is 45.6 Å². The Morgan fingerprint density at radius 2 is 2.09 bits per heavy atom. The van der Waals surface area contributed by atoms with Crippen LogP contribution >= 0.6 is 0 Å². The lowest BCUT2D eigenvalue weighted by molar-refractivity contribution is 0.319. The van der Waals surface area contributed by atoms with Crippen LogP contribution in [0.2, 0.25) is 0 Å². The van der Waals surface area contributed by atoms with Gasteiger partial charge in [0.15, 0.2) is 0 Å². The molecule has 0 amide bonds. The van der Waals surface area contributed by atoms with E-state index in [2.05, 4.69) is 27.0 Å². The molecule has 0 radical (unpaired) electrons. The first kappa shape index (κ1) is 14.5. The van der Waals surface area contributed by atoms with Gasteiger partial charge in [0.25, 0.3) is 0 Å². The smallest absolute Gasteiger partial charge is 0.125 e. The molecule has 4 nitrogen and oxygen atoms in total. The molecule has 3 heterocycles. The number of fused-ring (bicyclic) bond motifs is 1. The van der Waals surface area contributed by atoms with Crippen molar-refractivity contribution in [2.75, 3.05) is 13.1 Å². The van der Waals surface area contributed by atoms with Crippen molar-refractivity contribution >= 4 is 10.9 Å². The molecule has 0 spiro atoms. The molecule has 0 unspecified atom stereocenters. The van der Waals surface area contributed by atoms with Crippen LogP contribution in [-0.2, 0) is 6.54 Å². The van der Waals surface area contributed by atoms with Gasteiger partial charge >= 0.3 is 0 Å². The Labute approximate surface area is 134 Å². The van der Waals surface area contributed by atoms with Gasteiger partial charge in [-0.05, 0) is 57.0 Å². The minimum absolute atomic E-state index is 0.218. The first-order chi connectivity index (χ1) is 11.2. The Hall–Kier alpha value is -2.14. The van der Waals surface area contributed by atoms with Gasteiger partial charge in [-0.1, -0.05) is 0 Å². The van der Waals surface area contributed by atoms with E-state index in [-0.39, 0.29) is 5.82 Å². The quantitative estimate of drug-likeness (QED) is 0.778. The molecule has 1 aliphatic rings. The van der Waals surface area contributed by atoms with E-state index in [1.54, 1.807) is 0 Å². The number of nitrogens with zero attached hydrogens (tertiary/aromatic N) is 2. The first-order valence-electron chi connectivity index (χ1n) is 8.22. The van der Waals surface area contributed by atoms with Gasteiger partial charge in [0.05, 0.1) is 6.20 Å². The van der Waals surface area contributed by atoms with Gasteiger partial charge in [0, 0.05) is 40.5 Å². The Morgan fingerprint density at radius 3 is 2.91 bits per heavy atom. The van der Waals surface area contributed by atoms with Gasteiger partial charge < -0.3 is 10.3 Å². The van der Waals surface area contributed by atoms with Gasteiger partial charge in [-0.25, -0.2) is 4.39 Å². The number of aromatic amines is 1. The molecule has 2 aromatic heterocycles. The number of hydrogen-bond donors (Lipinski definition) is 2. The lowest BCUT2D eigenvalue weighted by atomic mass is 9.98. The third-order valence-corrected chi connectivity index (χ3v) is 4.93. The standard InChI is InChI=1S/C18H21FN4/c1-12-16(10-22-23(12)11-13-4-6-20-7-5-13)17-9-21-18-8-14(19)2-3-15(17)18/h2-3,8-10,13,20-21H,4-7,11H2,1H3. The van der Waals surface area contributed by atoms with Crippen molar-refractivity contribution in [3.05, 3.63) is 42.1 Å². The van der Waals surface area contributed by atoms with Crippen LogP contribution < -0.4 is 5.32 Å². The molecule has 1 fully saturated rings. The number of benzene rings is 1. The largest absolute Gasteiger partial charge is 0.360 e. The minimum atomic E-state index is -0.218. The predicted octanol–water partition coefficient (Wildman–Crippen LogP) is 3.48. The monoisotopic (exact) mass is 312 g/mol. The summed E-state index contributed by atoms with van der Waals surface area (Å²) in [6, 6.07) is 4.88. The van der Waals surface area contributed by atoms with E-state index < -0.39 is 0 Å². The summed E-state index contributed by atoms with van der Waals surface area (Å²) in [5.41, 5.74) is 4.21. The van der Waals surface area contributed by atoms with Gasteiger partial charge in [0.1, 0.15) is 5.82 Å². The van der Waals surface area contributed by atoms with Crippen LogP contribution in [0.5, 0.6) is 0 Å². The summed E-state index contributed by atoms with van der Waals surface area (Å²) in [6.45, 7) is 5.30. The van der Waals surface area contributed by atoms with Crippen molar-refractivity contribution in [2.45, 2.75) is 26.3 Å². The second-order valence-corrected chi connectivity index (χ2v) is 6.41. The third kappa shape index (κ3) is 2.65. The Balaban J connectivity index is 1.66. The molecule has 1 aromatic carbocycles. The van der Waals surface area contributed by atoms with Crippen molar-refractivity contribution < 1.29 is 4.39 Å². The molecule has 1 aliphatic heterocycles. The average molecular weight is 312 g/mol. The Morgan fingerprint density at radius 1 is 1.26 bits per heavy atom. The summed E-state index contributed by atoms with van der Waals surface area (Å²) >= 11 is 0. The van der Waals surface area contributed by atoms with Crippen molar-refractivity contribution in [1.29, 1.82) is 0 Å². The molecule has 2 N–H and O–H groups in total. The van der Waals surface area contributed by atoms with Crippen molar-refractivity contribution in [1.82, 2.24) is 20.1 Å². The van der Waals surface area contributed by atoms with Crippen LogP contribution in [0.4, 0.5) is 4.39 Å². The molecule has 1 saturated heterocycles. The van der Waals surface area contributed by atoms with Crippen molar-refractivity contribution in [3.63, 3.8) is 0 Å². The summed E-state index contributed by atoms with van der Waals surface area (Å²) in [5, 5.41) is 9.04. The molecule has 5 heteroatoms. The summed E-state index contributed by atoms with van der Waals surface area (Å²) < 4.78 is 15.5. The number of rotatable bonds is 3. The zero-order valence-electron chi connectivity index (χ0n) is 13.3. The van der Waals surface area contributed by atoms with Crippen LogP contribution in [0.15, 0.2) is 30.6 Å². The van der Waals surface area contributed by atoms with Gasteiger partial charge in [0.2, 0.25) is 0 Å². The second kappa shape index (κ2) is 5.81. The normalized spacial score (nSPS) is 16.3. The molecule has 23 heavy (non-hydrogen) atoms. The molecule has 4 rings (SSSR count). The molecular weight excluding hydrogens is 291 g/mol. The summed E-state index contributed by atoms with van der Waals surface area (Å²) in [6.07, 6.45) is 6.30. The highest BCUT2D eigenvalue weighted by Gasteiger charge is 2.17. The van der Waals surface area contributed by atoms with Crippen molar-refractivity contribution in [2.24, 2.45) is 5.92 Å². The number of halogens is 1. The van der Waals surface area contributed by atoms with Gasteiger partial charge in [-0.15, -0.1) is 0 Å². The SMILES string of the molecule is Cc1c(-c2c[nH]c3cc(F)ccc23)cnn1CC1CCNCC1. The molecule has 0 aliphatic carbocycles. The highest BCUT2D eigenvalue weighted by Crippen LogP contribution is 2.31. The van der Waals surface area contributed by atoms with Crippen LogP contribution in [0.1, 0.15) is 18.5 Å². The van der Waals surface area contributed by atoms with E-state index in [1.807, 2.05) is 18.5 Å². The molecule has 120 valence electrons. The number of nitrogens with one attached hydrogen (secondary N) is 2. The number of H-pyrrole nitrogens is 1. The van der Waals surface area contributed by atoms with E-state index in [0.717, 1.165) is 41.7 Å². The van der Waals surface area contributed by atoms with E-state index >= 15 is 0 Å². The maximum absolute atomic E-state index is 13.4. The maximum atomic E-state index is 13.4. The zero-order valence-corrected chi connectivity index (χ0v) is 13.3. The van der Waals surface area contributed by atoms with Gasteiger partial charge in [-0.2, -0.15) is 5.10 Å². The maximum Gasteiger partial charge on any atom is 0.125 e. The fourth-order valence-electron chi connectivity index (χ4n) is 3.53. The molecule has 0 saturated carbocycles. The fourth-order valence-corrected chi connectivity index (χ4v) is 3.53. The zero-order chi connectivity index (χ0) is 15.8. The van der Waals surface area contributed by atoms with E-state index in [9.17, 15) is 4.39 Å². The number of piperidine rings is 1. The highest BCUT2D eigenvalue weighted by molar-refractivity contribution is 5.95. The van der Waals surface area contributed by atoms with Crippen LogP contribution in [0.25, 0.3) is 22.0 Å². The van der Waals surface area contributed by atoms with E-state index in [4.69, 9.17) is 0 Å². The summed E-state index contributed by atoms with van der Waals surface area (Å²) in [5.74, 6) is 0.476. The predicted molar refractivity (Wildman–Crippen MR) is 89.8 cm³/mol. The fraction of sp³-hybridized carbons (Fsp3) is 0.389. The molecule has 3 aromatic rings. The van der Waals surface area contributed by atoms with E-state index in [0.29, 0.717) is 5.92 Å². The summed E-state index contributed by atoms with van der Waals surface area (Å²) in [4.78, 5) is 3.16. The lowest BCUT2D eigenvalue weighted by Gasteiger charge is -2.23. The first-order valence-corrected chi connectivity index (χ1v) is 8.22. The highest BCUT2D eigenvalue weighted by atomic mass is 19.1. The molecule has 0 bridgehead atoms. The molecular formula is C18H21FN4. The van der Waals surface area contributed by atoms with Crippen LogP contribution in [0.3, 0.4) is 0 Å². The summed E-state index contributed by atoms with van der Waals surface area (Å²) in [7, 11) is 0. The van der Waals surface area contributed by atoms with Crippen LogP contribution in [0, 0.1) is 18.7 Å². The van der Waals surface area contributed by atoms with Crippen LogP contribution in [-0.4, -0.2) is 27.9 Å². The molecule has 0 atom stereocenters. The second-order valence-electron chi connectivity index (χ2n) is 6.41. The van der Waals surface area contributed by atoms with E-state index in [1.165, 1.54) is 30.7 Å². The average Bonchev–Trinajstić information content (AvgIpc) is 3.12. The van der Waals surface area contributed by atoms with Crippen molar-refractivity contribution in [3.8, 4) is 11.1 Å². The minimum Gasteiger partial charge on any atom is -0.360 e. The third-order valence-electron chi connectivity index (χ3n) is 4.93. The van der Waals surface area contributed by atoms with Gasteiger partial charge in [-0.3, -0.25) is 4.68 Å². The Kier molecular flexibility index (Phi) is 3.65. The number of aromatic nitrogens is 3. The lowest BCUT2D eigenvalue weighted by Crippen LogP contribution is -2.30.